The molecule has 0 bridgehead atoms. The maximum Gasteiger partial charge on any atom is 0.137 e. The lowest BCUT2D eigenvalue weighted by molar-refractivity contribution is 0.320. The Morgan fingerprint density at radius 3 is 2.65 bits per heavy atom. The van der Waals surface area contributed by atoms with E-state index >= 15 is 0 Å². The zero-order valence-corrected chi connectivity index (χ0v) is 11.8. The fourth-order valence-electron chi connectivity index (χ4n) is 1.87. The van der Waals surface area contributed by atoms with E-state index in [4.69, 9.17) is 10.5 Å². The maximum atomic E-state index is 5.91. The number of ether oxygens (including phenoxy) is 1. The second-order valence-corrected chi connectivity index (χ2v) is 4.81. The molecule has 0 saturated heterocycles. The Balaban J connectivity index is 1.79. The van der Waals surface area contributed by atoms with Crippen molar-refractivity contribution in [2.45, 2.75) is 32.2 Å². The molecule has 0 aliphatic heterocycles. The predicted octanol–water partition coefficient (Wildman–Crippen LogP) is 2.38. The third kappa shape index (κ3) is 4.63. The molecule has 4 heteroatoms. The third-order valence-electron chi connectivity index (χ3n) is 3.20. The van der Waals surface area contributed by atoms with E-state index in [1.807, 2.05) is 24.3 Å². The monoisotopic (exact) mass is 271 g/mol. The second-order valence-electron chi connectivity index (χ2n) is 4.81. The van der Waals surface area contributed by atoms with Crippen LogP contribution in [0, 0.1) is 0 Å². The normalized spacial score (nSPS) is 12.1. The number of hydrogen-bond acceptors (Lipinski definition) is 4. The maximum absolute atomic E-state index is 5.91. The number of rotatable bonds is 7. The van der Waals surface area contributed by atoms with Gasteiger partial charge in [0.05, 0.1) is 12.8 Å². The average molecular weight is 271 g/mol. The van der Waals surface area contributed by atoms with Crippen LogP contribution in [0.2, 0.25) is 0 Å². The highest BCUT2D eigenvalue weighted by atomic mass is 16.5. The molecule has 1 unspecified atom stereocenters. The molecule has 0 radical (unpaired) electrons. The molecule has 0 spiro atoms. The lowest BCUT2D eigenvalue weighted by Crippen LogP contribution is -2.21. The Bertz CT molecular complexity index is 499. The topological polar surface area (TPSA) is 61.0 Å². The van der Waals surface area contributed by atoms with E-state index in [1.165, 1.54) is 5.56 Å². The average Bonchev–Trinajstić information content (AvgIpc) is 2.50. The molecule has 0 aliphatic rings. The fourth-order valence-corrected chi connectivity index (χ4v) is 1.87. The summed E-state index contributed by atoms with van der Waals surface area (Å²) in [7, 11) is 0. The third-order valence-corrected chi connectivity index (χ3v) is 3.20. The molecule has 0 amide bonds. The SMILES string of the molecule is CCC(N)Cc1ccc(OCCc2ccncc2)cn1. The quantitative estimate of drug-likeness (QED) is 0.840. The van der Waals surface area contributed by atoms with Gasteiger partial charge in [-0.05, 0) is 36.2 Å². The summed E-state index contributed by atoms with van der Waals surface area (Å²) in [5, 5.41) is 0. The Kier molecular flexibility index (Phi) is 5.50. The molecule has 0 aromatic carbocycles. The molecular weight excluding hydrogens is 250 g/mol. The minimum Gasteiger partial charge on any atom is -0.492 e. The number of nitrogens with zero attached hydrogens (tertiary/aromatic N) is 2. The van der Waals surface area contributed by atoms with Gasteiger partial charge >= 0.3 is 0 Å². The molecule has 20 heavy (non-hydrogen) atoms. The van der Waals surface area contributed by atoms with E-state index in [0.29, 0.717) is 6.61 Å². The van der Waals surface area contributed by atoms with Gasteiger partial charge in [-0.1, -0.05) is 6.92 Å². The standard InChI is InChI=1S/C16H21N3O/c1-2-14(17)11-15-3-4-16(12-19-15)20-10-7-13-5-8-18-9-6-13/h3-6,8-9,12,14H,2,7,10-11,17H2,1H3. The van der Waals surface area contributed by atoms with Crippen LogP contribution < -0.4 is 10.5 Å². The summed E-state index contributed by atoms with van der Waals surface area (Å²) in [6.45, 7) is 2.72. The molecule has 2 aromatic heterocycles. The number of aromatic nitrogens is 2. The first-order chi connectivity index (χ1) is 9.78. The largest absolute Gasteiger partial charge is 0.492 e. The Morgan fingerprint density at radius 2 is 2.00 bits per heavy atom. The van der Waals surface area contributed by atoms with Crippen molar-refractivity contribution >= 4 is 0 Å². The van der Waals surface area contributed by atoms with E-state index in [0.717, 1.165) is 30.7 Å². The molecular formula is C16H21N3O. The van der Waals surface area contributed by atoms with E-state index in [2.05, 4.69) is 16.9 Å². The van der Waals surface area contributed by atoms with Gasteiger partial charge in [-0.2, -0.15) is 0 Å². The van der Waals surface area contributed by atoms with Crippen molar-refractivity contribution in [1.29, 1.82) is 0 Å². The van der Waals surface area contributed by atoms with Crippen molar-refractivity contribution in [2.24, 2.45) is 5.73 Å². The molecule has 0 saturated carbocycles. The first-order valence-corrected chi connectivity index (χ1v) is 7.00. The smallest absolute Gasteiger partial charge is 0.137 e. The van der Waals surface area contributed by atoms with Crippen LogP contribution in [0.15, 0.2) is 42.9 Å². The van der Waals surface area contributed by atoms with Crippen LogP contribution >= 0.6 is 0 Å². The summed E-state index contributed by atoms with van der Waals surface area (Å²) in [5.41, 5.74) is 8.15. The molecule has 106 valence electrons. The number of pyridine rings is 2. The van der Waals surface area contributed by atoms with E-state index in [-0.39, 0.29) is 6.04 Å². The second kappa shape index (κ2) is 7.60. The summed E-state index contributed by atoms with van der Waals surface area (Å²) in [6, 6.07) is 8.11. The molecule has 2 N–H and O–H groups in total. The fraction of sp³-hybridized carbons (Fsp3) is 0.375. The van der Waals surface area contributed by atoms with Crippen molar-refractivity contribution < 1.29 is 4.74 Å². The lowest BCUT2D eigenvalue weighted by Gasteiger charge is -2.09. The van der Waals surface area contributed by atoms with Crippen LogP contribution in [-0.2, 0) is 12.8 Å². The first kappa shape index (κ1) is 14.5. The van der Waals surface area contributed by atoms with Gasteiger partial charge in [-0.3, -0.25) is 9.97 Å². The molecule has 4 nitrogen and oxygen atoms in total. The molecule has 0 fully saturated rings. The molecule has 2 aromatic rings. The predicted molar refractivity (Wildman–Crippen MR) is 79.6 cm³/mol. The van der Waals surface area contributed by atoms with Gasteiger partial charge in [-0.25, -0.2) is 0 Å². The van der Waals surface area contributed by atoms with Crippen molar-refractivity contribution in [1.82, 2.24) is 9.97 Å². The van der Waals surface area contributed by atoms with Crippen LogP contribution in [0.25, 0.3) is 0 Å². The van der Waals surface area contributed by atoms with Crippen molar-refractivity contribution in [3.8, 4) is 5.75 Å². The molecule has 1 atom stereocenters. The van der Waals surface area contributed by atoms with Gasteiger partial charge in [0, 0.05) is 37.0 Å². The van der Waals surface area contributed by atoms with Crippen LogP contribution in [-0.4, -0.2) is 22.6 Å². The summed E-state index contributed by atoms with van der Waals surface area (Å²) >= 11 is 0. The lowest BCUT2D eigenvalue weighted by atomic mass is 10.1. The van der Waals surface area contributed by atoms with Crippen LogP contribution in [0.1, 0.15) is 24.6 Å². The number of nitrogens with two attached hydrogens (primary N) is 1. The van der Waals surface area contributed by atoms with Crippen molar-refractivity contribution in [3.63, 3.8) is 0 Å². The molecule has 2 rings (SSSR count). The highest BCUT2D eigenvalue weighted by Crippen LogP contribution is 2.11. The molecule has 2 heterocycles. The van der Waals surface area contributed by atoms with Crippen molar-refractivity contribution in [2.75, 3.05) is 6.61 Å². The minimum atomic E-state index is 0.181. The van der Waals surface area contributed by atoms with Gasteiger partial charge < -0.3 is 10.5 Å². The van der Waals surface area contributed by atoms with Gasteiger partial charge in [0.25, 0.3) is 0 Å². The highest BCUT2D eigenvalue weighted by molar-refractivity contribution is 5.20. The zero-order valence-electron chi connectivity index (χ0n) is 11.8. The first-order valence-electron chi connectivity index (χ1n) is 7.00. The van der Waals surface area contributed by atoms with Crippen LogP contribution in [0.5, 0.6) is 5.75 Å². The van der Waals surface area contributed by atoms with E-state index < -0.39 is 0 Å². The van der Waals surface area contributed by atoms with Gasteiger partial charge in [0.2, 0.25) is 0 Å². The Hall–Kier alpha value is -1.94. The summed E-state index contributed by atoms with van der Waals surface area (Å²) in [5.74, 6) is 0.799. The molecule has 0 aliphatic carbocycles. The number of hydrogen-bond donors (Lipinski definition) is 1. The van der Waals surface area contributed by atoms with Gasteiger partial charge in [-0.15, -0.1) is 0 Å². The summed E-state index contributed by atoms with van der Waals surface area (Å²) < 4.78 is 5.68. The van der Waals surface area contributed by atoms with E-state index in [1.54, 1.807) is 18.6 Å². The van der Waals surface area contributed by atoms with Gasteiger partial charge in [0.1, 0.15) is 5.75 Å². The highest BCUT2D eigenvalue weighted by Gasteiger charge is 2.03. The van der Waals surface area contributed by atoms with E-state index in [9.17, 15) is 0 Å². The summed E-state index contributed by atoms with van der Waals surface area (Å²) in [4.78, 5) is 8.37. The Labute approximate surface area is 120 Å². The van der Waals surface area contributed by atoms with Crippen LogP contribution in [0.3, 0.4) is 0 Å². The van der Waals surface area contributed by atoms with Crippen molar-refractivity contribution in [3.05, 3.63) is 54.1 Å². The Morgan fingerprint density at radius 1 is 1.20 bits per heavy atom. The summed E-state index contributed by atoms with van der Waals surface area (Å²) in [6.07, 6.45) is 8.00. The minimum absolute atomic E-state index is 0.181. The van der Waals surface area contributed by atoms with Crippen LogP contribution in [0.4, 0.5) is 0 Å². The van der Waals surface area contributed by atoms with Gasteiger partial charge in [0.15, 0.2) is 0 Å². The zero-order chi connectivity index (χ0) is 14.2.